The number of imide groups is 1. The molecule has 0 saturated heterocycles. The van der Waals surface area contributed by atoms with Gasteiger partial charge in [-0.15, -0.1) is 5.06 Å². The first-order chi connectivity index (χ1) is 16.4. The summed E-state index contributed by atoms with van der Waals surface area (Å²) in [5, 5.41) is 2.85. The highest BCUT2D eigenvalue weighted by atomic mass is 16.7. The van der Waals surface area contributed by atoms with E-state index >= 15 is 0 Å². The van der Waals surface area contributed by atoms with Crippen LogP contribution in [0.3, 0.4) is 0 Å². The van der Waals surface area contributed by atoms with E-state index in [0.29, 0.717) is 17.9 Å². The number of nitrogens with one attached hydrogen (secondary N) is 1. The Balaban J connectivity index is 0.000000605. The molecule has 1 atom stereocenters. The summed E-state index contributed by atoms with van der Waals surface area (Å²) in [5.41, 5.74) is 5.84. The summed E-state index contributed by atoms with van der Waals surface area (Å²) in [6, 6.07) is 19.7. The largest absolute Gasteiger partial charge is 0.433 e. The van der Waals surface area contributed by atoms with Crippen molar-refractivity contribution in [1.29, 1.82) is 0 Å². The van der Waals surface area contributed by atoms with Crippen molar-refractivity contribution in [2.45, 2.75) is 45.7 Å². The van der Waals surface area contributed by atoms with E-state index in [1.807, 2.05) is 36.4 Å². The highest BCUT2D eigenvalue weighted by Gasteiger charge is 2.25. The van der Waals surface area contributed by atoms with Gasteiger partial charge in [-0.2, -0.15) is 0 Å². The van der Waals surface area contributed by atoms with E-state index in [9.17, 15) is 19.2 Å². The van der Waals surface area contributed by atoms with Gasteiger partial charge in [0.15, 0.2) is 6.54 Å². The predicted octanol–water partition coefficient (Wildman–Crippen LogP) is 1.93. The maximum atomic E-state index is 12.1. The van der Waals surface area contributed by atoms with Crippen LogP contribution in [0.1, 0.15) is 37.8 Å². The zero-order valence-corrected chi connectivity index (χ0v) is 20.1. The summed E-state index contributed by atoms with van der Waals surface area (Å²) in [7, 11) is 1.53. The van der Waals surface area contributed by atoms with Gasteiger partial charge in [-0.1, -0.05) is 74.5 Å². The van der Waals surface area contributed by atoms with Crippen LogP contribution in [0.4, 0.5) is 4.79 Å². The Morgan fingerprint density at radius 3 is 1.97 bits per heavy atom. The molecule has 1 unspecified atom stereocenters. The Hall–Kier alpha value is -3.72. The van der Waals surface area contributed by atoms with Crippen LogP contribution >= 0.6 is 0 Å². The number of quaternary nitrogens is 1. The molecule has 2 aromatic rings. The Bertz CT molecular complexity index is 893. The third-order valence-electron chi connectivity index (χ3n) is 4.87. The first-order valence-electron chi connectivity index (χ1n) is 11.2. The van der Waals surface area contributed by atoms with Crippen LogP contribution in [0.2, 0.25) is 0 Å². The van der Waals surface area contributed by atoms with Crippen molar-refractivity contribution in [3.63, 3.8) is 0 Å². The van der Waals surface area contributed by atoms with Gasteiger partial charge in [-0.3, -0.25) is 19.7 Å². The van der Waals surface area contributed by atoms with Crippen LogP contribution in [-0.4, -0.2) is 54.0 Å². The van der Waals surface area contributed by atoms with Crippen LogP contribution in [0.25, 0.3) is 0 Å². The van der Waals surface area contributed by atoms with E-state index in [2.05, 4.69) is 42.2 Å². The maximum absolute atomic E-state index is 12.1. The van der Waals surface area contributed by atoms with Crippen LogP contribution in [0.5, 0.6) is 0 Å². The van der Waals surface area contributed by atoms with Crippen molar-refractivity contribution in [3.8, 4) is 0 Å². The molecule has 0 fully saturated rings. The van der Waals surface area contributed by atoms with E-state index in [-0.39, 0.29) is 25.3 Å². The van der Waals surface area contributed by atoms with Crippen molar-refractivity contribution in [2.75, 3.05) is 13.6 Å². The van der Waals surface area contributed by atoms with Crippen molar-refractivity contribution >= 4 is 24.3 Å². The summed E-state index contributed by atoms with van der Waals surface area (Å²) in [6.07, 6.45) is 0.433. The number of benzene rings is 2. The highest BCUT2D eigenvalue weighted by molar-refractivity contribution is 5.86. The first kappa shape index (κ1) is 28.3. The Kier molecular flexibility index (Phi) is 13.3. The van der Waals surface area contributed by atoms with Gasteiger partial charge in [0.05, 0.1) is 0 Å². The van der Waals surface area contributed by atoms with E-state index in [0.717, 1.165) is 12.0 Å². The molecule has 34 heavy (non-hydrogen) atoms. The molecule has 0 aromatic heterocycles. The minimum absolute atomic E-state index is 0.0218. The van der Waals surface area contributed by atoms with Crippen molar-refractivity contribution in [2.24, 2.45) is 0 Å². The fourth-order valence-corrected chi connectivity index (χ4v) is 2.89. The van der Waals surface area contributed by atoms with Crippen molar-refractivity contribution in [3.05, 3.63) is 71.8 Å². The highest BCUT2D eigenvalue weighted by Crippen LogP contribution is 2.07. The number of amides is 4. The number of rotatable bonds is 9. The van der Waals surface area contributed by atoms with Gasteiger partial charge in [0.2, 0.25) is 0 Å². The zero-order chi connectivity index (χ0) is 25.3. The lowest BCUT2D eigenvalue weighted by Gasteiger charge is -2.28. The number of likely N-dealkylation sites (N-methyl/N-ethyl adjacent to an activating group) is 1. The number of aryl methyl sites for hydroxylation is 1. The third-order valence-corrected chi connectivity index (χ3v) is 4.87. The van der Waals surface area contributed by atoms with Crippen LogP contribution in [-0.2, 0) is 32.1 Å². The molecule has 2 rings (SSSR count). The van der Waals surface area contributed by atoms with E-state index in [1.54, 1.807) is 6.92 Å². The van der Waals surface area contributed by atoms with Gasteiger partial charge >= 0.3 is 6.09 Å². The maximum Gasteiger partial charge on any atom is 0.433 e. The van der Waals surface area contributed by atoms with Gasteiger partial charge in [-0.25, -0.2) is 4.79 Å². The standard InChI is InChI=1S/C17H24N4O5.C8H10/c1-3-7-15(23)21(12-22)26-17(25)19-14(20(2)16(24)11-18)10-13-8-5-4-6-9-13;1-2-8-6-4-3-5-7-8/h4-6,8-9,12,14H,3,7,10-11,18H2,1-2H3,(H,19,25);3-7H,2H2,1H3/p+1. The van der Waals surface area contributed by atoms with Gasteiger partial charge in [0.1, 0.15) is 6.17 Å². The molecule has 4 amide bonds. The van der Waals surface area contributed by atoms with Crippen LogP contribution in [0.15, 0.2) is 60.7 Å². The lowest BCUT2D eigenvalue weighted by Crippen LogP contribution is -2.61. The number of nitrogens with zero attached hydrogens (tertiary/aromatic N) is 2. The average Bonchev–Trinajstić information content (AvgIpc) is 2.87. The number of hydroxylamine groups is 2. The van der Waals surface area contributed by atoms with E-state index < -0.39 is 18.2 Å². The summed E-state index contributed by atoms with van der Waals surface area (Å²) < 4.78 is 0. The summed E-state index contributed by atoms with van der Waals surface area (Å²) >= 11 is 0. The molecule has 9 heteroatoms. The smallest absolute Gasteiger partial charge is 0.350 e. The molecule has 9 nitrogen and oxygen atoms in total. The molecule has 0 bridgehead atoms. The topological polar surface area (TPSA) is 124 Å². The van der Waals surface area contributed by atoms with E-state index in [4.69, 9.17) is 4.84 Å². The molecule has 0 radical (unpaired) electrons. The summed E-state index contributed by atoms with van der Waals surface area (Å²) in [6.45, 7) is 3.94. The molecule has 0 aliphatic rings. The Morgan fingerprint density at radius 1 is 0.971 bits per heavy atom. The molecular formula is C25H35N4O5+. The fraction of sp³-hybridized carbons (Fsp3) is 0.360. The molecule has 0 heterocycles. The average molecular weight is 472 g/mol. The number of carbonyl (C=O) groups excluding carboxylic acids is 4. The van der Waals surface area contributed by atoms with Gasteiger partial charge in [0, 0.05) is 19.9 Å². The normalized spacial score (nSPS) is 10.7. The van der Waals surface area contributed by atoms with Crippen LogP contribution in [0, 0.1) is 0 Å². The molecule has 0 spiro atoms. The number of carbonyl (C=O) groups is 4. The first-order valence-corrected chi connectivity index (χ1v) is 11.2. The second kappa shape index (κ2) is 16.0. The summed E-state index contributed by atoms with van der Waals surface area (Å²) in [4.78, 5) is 52.8. The minimum Gasteiger partial charge on any atom is -0.350 e. The third kappa shape index (κ3) is 10.3. The van der Waals surface area contributed by atoms with Crippen molar-refractivity contribution < 1.29 is 29.7 Å². The Labute approximate surface area is 200 Å². The quantitative estimate of drug-likeness (QED) is 0.329. The van der Waals surface area contributed by atoms with Gasteiger partial charge in [0.25, 0.3) is 18.2 Å². The van der Waals surface area contributed by atoms with Crippen LogP contribution < -0.4 is 11.1 Å². The number of hydrogen-bond donors (Lipinski definition) is 2. The molecule has 0 aliphatic carbocycles. The van der Waals surface area contributed by atoms with Gasteiger partial charge in [-0.05, 0) is 24.0 Å². The molecule has 2 aromatic carbocycles. The molecule has 184 valence electrons. The molecular weight excluding hydrogens is 436 g/mol. The number of hydrogen-bond acceptors (Lipinski definition) is 5. The molecule has 0 aliphatic heterocycles. The van der Waals surface area contributed by atoms with E-state index in [1.165, 1.54) is 17.5 Å². The predicted molar refractivity (Wildman–Crippen MR) is 128 cm³/mol. The second-order valence-corrected chi connectivity index (χ2v) is 7.40. The molecule has 4 N–H and O–H groups in total. The van der Waals surface area contributed by atoms with Gasteiger partial charge < -0.3 is 15.5 Å². The molecule has 0 saturated carbocycles. The fourth-order valence-electron chi connectivity index (χ4n) is 2.89. The van der Waals surface area contributed by atoms with Crippen molar-refractivity contribution in [1.82, 2.24) is 15.3 Å². The summed E-state index contributed by atoms with van der Waals surface area (Å²) in [5.74, 6) is -0.903. The second-order valence-electron chi connectivity index (χ2n) is 7.40. The zero-order valence-electron chi connectivity index (χ0n) is 20.1. The lowest BCUT2D eigenvalue weighted by molar-refractivity contribution is -0.357. The lowest BCUT2D eigenvalue weighted by atomic mass is 10.1. The minimum atomic E-state index is -1.01. The monoisotopic (exact) mass is 471 g/mol. The Morgan fingerprint density at radius 2 is 1.53 bits per heavy atom. The SMILES string of the molecule is CCCC(=O)N(C=O)OC(=O)NC(Cc1ccccc1)N(C)C(=O)C[NH3+].CCc1ccccc1.